The normalized spacial score (nSPS) is 28.1. The minimum absolute atomic E-state index is 0.0220. The maximum Gasteiger partial charge on any atom is 0.227 e. The predicted octanol–water partition coefficient (Wildman–Crippen LogP) is 0.217. The Bertz CT molecular complexity index is 251. The van der Waals surface area contributed by atoms with Crippen LogP contribution in [0.2, 0.25) is 0 Å². The van der Waals surface area contributed by atoms with Crippen LogP contribution in [0.5, 0.6) is 0 Å². The molecule has 3 N–H and O–H groups in total. The number of ether oxygens (including phenoxy) is 1. The summed E-state index contributed by atoms with van der Waals surface area (Å²) in [6.45, 7) is 3.44. The van der Waals surface area contributed by atoms with E-state index in [1.54, 1.807) is 12.0 Å². The number of aliphatic hydroxyl groups excluding tert-OH is 1. The fraction of sp³-hybridized carbons (Fsp3) is 0.923. The molecule has 0 aromatic rings. The Labute approximate surface area is 109 Å². The minimum atomic E-state index is -0.109. The minimum Gasteiger partial charge on any atom is -0.395 e. The number of nitrogens with zero attached hydrogens (tertiary/aromatic N) is 1. The zero-order valence-corrected chi connectivity index (χ0v) is 11.5. The van der Waals surface area contributed by atoms with Crippen molar-refractivity contribution in [3.63, 3.8) is 0 Å². The van der Waals surface area contributed by atoms with E-state index in [0.717, 1.165) is 19.3 Å². The van der Waals surface area contributed by atoms with E-state index >= 15 is 0 Å². The van der Waals surface area contributed by atoms with Gasteiger partial charge in [0.25, 0.3) is 0 Å². The maximum atomic E-state index is 12.5. The molecule has 0 heterocycles. The molecule has 0 bridgehead atoms. The summed E-state index contributed by atoms with van der Waals surface area (Å²) in [5.41, 5.74) is 6.09. The second-order valence-corrected chi connectivity index (χ2v) is 5.14. The number of carbonyl (C=O) groups excluding carboxylic acids is 1. The third-order valence-corrected chi connectivity index (χ3v) is 3.80. The molecular weight excluding hydrogens is 232 g/mol. The van der Waals surface area contributed by atoms with Gasteiger partial charge in [0.1, 0.15) is 0 Å². The van der Waals surface area contributed by atoms with Crippen LogP contribution in [0.25, 0.3) is 0 Å². The van der Waals surface area contributed by atoms with E-state index in [9.17, 15) is 4.79 Å². The molecule has 0 saturated heterocycles. The first-order valence-corrected chi connectivity index (χ1v) is 6.76. The molecule has 0 radical (unpaired) electrons. The third kappa shape index (κ3) is 3.93. The molecule has 0 aliphatic heterocycles. The molecular formula is C13H26N2O3. The van der Waals surface area contributed by atoms with Gasteiger partial charge in [0.15, 0.2) is 0 Å². The van der Waals surface area contributed by atoms with Gasteiger partial charge in [-0.1, -0.05) is 13.3 Å². The number of hydrogen-bond acceptors (Lipinski definition) is 4. The van der Waals surface area contributed by atoms with Crippen molar-refractivity contribution >= 4 is 5.91 Å². The van der Waals surface area contributed by atoms with Crippen molar-refractivity contribution in [1.82, 2.24) is 4.90 Å². The van der Waals surface area contributed by atoms with E-state index < -0.39 is 0 Å². The molecule has 106 valence electrons. The van der Waals surface area contributed by atoms with Crippen LogP contribution in [-0.4, -0.2) is 55.4 Å². The largest absolute Gasteiger partial charge is 0.395 e. The first kappa shape index (κ1) is 15.4. The van der Waals surface area contributed by atoms with Crippen LogP contribution in [0.15, 0.2) is 0 Å². The van der Waals surface area contributed by atoms with Gasteiger partial charge in [-0.05, 0) is 18.8 Å². The molecule has 1 aliphatic carbocycles. The van der Waals surface area contributed by atoms with Crippen LogP contribution in [0, 0.1) is 11.8 Å². The molecule has 1 amide bonds. The van der Waals surface area contributed by atoms with Crippen LogP contribution >= 0.6 is 0 Å². The van der Waals surface area contributed by atoms with E-state index in [1.807, 2.05) is 0 Å². The molecule has 3 atom stereocenters. The summed E-state index contributed by atoms with van der Waals surface area (Å²) in [4.78, 5) is 14.2. The highest BCUT2D eigenvalue weighted by molar-refractivity contribution is 5.80. The Kier molecular flexibility index (Phi) is 6.60. The number of nitrogens with two attached hydrogens (primary N) is 1. The molecule has 1 rings (SSSR count). The van der Waals surface area contributed by atoms with E-state index in [4.69, 9.17) is 15.6 Å². The van der Waals surface area contributed by atoms with Crippen molar-refractivity contribution in [3.05, 3.63) is 0 Å². The number of aliphatic hydroxyl groups is 1. The summed E-state index contributed by atoms with van der Waals surface area (Å²) in [6, 6.07) is -0.0509. The Balaban J connectivity index is 2.67. The highest BCUT2D eigenvalue weighted by Gasteiger charge is 2.36. The van der Waals surface area contributed by atoms with E-state index in [0.29, 0.717) is 25.6 Å². The number of rotatable bonds is 6. The average molecular weight is 258 g/mol. The Morgan fingerprint density at radius 2 is 2.17 bits per heavy atom. The standard InChI is InChI=1S/C13H26N2O3/c1-10-4-3-5-11(14)12(10)13(17)15(6-8-16)7-9-18-2/h10-12,16H,3-9,14H2,1-2H3. The molecule has 1 fully saturated rings. The highest BCUT2D eigenvalue weighted by Crippen LogP contribution is 2.30. The van der Waals surface area contributed by atoms with Gasteiger partial charge < -0.3 is 20.5 Å². The molecule has 3 unspecified atom stereocenters. The second-order valence-electron chi connectivity index (χ2n) is 5.14. The number of carbonyl (C=O) groups is 1. The number of hydrogen-bond donors (Lipinski definition) is 2. The zero-order valence-electron chi connectivity index (χ0n) is 11.5. The lowest BCUT2D eigenvalue weighted by Crippen LogP contribution is -2.50. The molecule has 5 nitrogen and oxygen atoms in total. The van der Waals surface area contributed by atoms with Gasteiger partial charge in [-0.25, -0.2) is 0 Å². The summed E-state index contributed by atoms with van der Waals surface area (Å²) >= 11 is 0. The van der Waals surface area contributed by atoms with Gasteiger partial charge in [-0.15, -0.1) is 0 Å². The van der Waals surface area contributed by atoms with Gasteiger partial charge in [-0.3, -0.25) is 4.79 Å². The fourth-order valence-electron chi connectivity index (χ4n) is 2.75. The summed E-state index contributed by atoms with van der Waals surface area (Å²) in [7, 11) is 1.61. The molecule has 1 saturated carbocycles. The first-order chi connectivity index (χ1) is 8.61. The van der Waals surface area contributed by atoms with Crippen molar-refractivity contribution in [2.75, 3.05) is 33.4 Å². The van der Waals surface area contributed by atoms with Crippen LogP contribution in [0.4, 0.5) is 0 Å². The number of methoxy groups -OCH3 is 1. The second kappa shape index (κ2) is 7.71. The molecule has 5 heteroatoms. The van der Waals surface area contributed by atoms with Crippen molar-refractivity contribution in [1.29, 1.82) is 0 Å². The Morgan fingerprint density at radius 3 is 2.72 bits per heavy atom. The molecule has 0 aromatic heterocycles. The smallest absolute Gasteiger partial charge is 0.227 e. The Hall–Kier alpha value is -0.650. The first-order valence-electron chi connectivity index (χ1n) is 6.76. The number of amides is 1. The fourth-order valence-corrected chi connectivity index (χ4v) is 2.75. The quantitative estimate of drug-likeness (QED) is 0.714. The van der Waals surface area contributed by atoms with E-state index in [2.05, 4.69) is 6.92 Å². The maximum absolute atomic E-state index is 12.5. The van der Waals surface area contributed by atoms with Gasteiger partial charge in [0.2, 0.25) is 5.91 Å². The van der Waals surface area contributed by atoms with Crippen molar-refractivity contribution in [2.24, 2.45) is 17.6 Å². The van der Waals surface area contributed by atoms with E-state index in [1.165, 1.54) is 0 Å². The van der Waals surface area contributed by atoms with Crippen molar-refractivity contribution in [2.45, 2.75) is 32.2 Å². The topological polar surface area (TPSA) is 75.8 Å². The van der Waals surface area contributed by atoms with Gasteiger partial charge in [0, 0.05) is 26.2 Å². The third-order valence-electron chi connectivity index (χ3n) is 3.80. The van der Waals surface area contributed by atoms with Crippen LogP contribution in [-0.2, 0) is 9.53 Å². The Morgan fingerprint density at radius 1 is 1.44 bits per heavy atom. The van der Waals surface area contributed by atoms with Crippen LogP contribution in [0.3, 0.4) is 0 Å². The summed E-state index contributed by atoms with van der Waals surface area (Å²) in [6.07, 6.45) is 3.07. The van der Waals surface area contributed by atoms with Gasteiger partial charge in [0.05, 0.1) is 19.1 Å². The molecule has 1 aliphatic rings. The van der Waals surface area contributed by atoms with Gasteiger partial charge >= 0.3 is 0 Å². The van der Waals surface area contributed by atoms with Gasteiger partial charge in [-0.2, -0.15) is 0 Å². The zero-order chi connectivity index (χ0) is 13.5. The van der Waals surface area contributed by atoms with Crippen molar-refractivity contribution < 1.29 is 14.6 Å². The lowest BCUT2D eigenvalue weighted by Gasteiger charge is -2.36. The average Bonchev–Trinajstić information content (AvgIpc) is 2.34. The molecule has 0 aromatic carbocycles. The van der Waals surface area contributed by atoms with Crippen molar-refractivity contribution in [3.8, 4) is 0 Å². The predicted molar refractivity (Wildman–Crippen MR) is 70.0 cm³/mol. The summed E-state index contributed by atoms with van der Waals surface area (Å²) in [5, 5.41) is 9.05. The lowest BCUT2D eigenvalue weighted by atomic mass is 9.76. The monoisotopic (exact) mass is 258 g/mol. The van der Waals surface area contributed by atoms with Crippen LogP contribution < -0.4 is 5.73 Å². The summed E-state index contributed by atoms with van der Waals surface area (Å²) < 4.78 is 5.00. The van der Waals surface area contributed by atoms with Crippen LogP contribution in [0.1, 0.15) is 26.2 Å². The summed E-state index contributed by atoms with van der Waals surface area (Å²) in [5.74, 6) is 0.285. The molecule has 0 spiro atoms. The SMILES string of the molecule is COCCN(CCO)C(=O)C1C(C)CCCC1N. The molecule has 18 heavy (non-hydrogen) atoms. The highest BCUT2D eigenvalue weighted by atomic mass is 16.5. The lowest BCUT2D eigenvalue weighted by molar-refractivity contribution is -0.140. The van der Waals surface area contributed by atoms with E-state index in [-0.39, 0.29) is 24.5 Å².